The Balaban J connectivity index is 1.45. The van der Waals surface area contributed by atoms with Crippen molar-refractivity contribution >= 4 is 12.1 Å². The molecule has 6 heterocycles. The summed E-state index contributed by atoms with van der Waals surface area (Å²) >= 11 is 0. The first-order chi connectivity index (χ1) is 13.7. The third-order valence-corrected chi connectivity index (χ3v) is 5.90. The normalized spacial score (nSPS) is 19.6. The molecule has 0 atom stereocenters. The van der Waals surface area contributed by atoms with Crippen molar-refractivity contribution in [1.29, 1.82) is 0 Å². The van der Waals surface area contributed by atoms with E-state index >= 15 is 0 Å². The van der Waals surface area contributed by atoms with Crippen LogP contribution in [0.4, 0.5) is 9.59 Å². The second kappa shape index (κ2) is 6.86. The Morgan fingerprint density at radius 1 is 0.429 bits per heavy atom. The Kier molecular flexibility index (Phi) is 4.19. The van der Waals surface area contributed by atoms with Crippen molar-refractivity contribution in [2.24, 2.45) is 0 Å². The molecule has 0 saturated carbocycles. The van der Waals surface area contributed by atoms with Crippen LogP contribution in [0, 0.1) is 0 Å². The zero-order valence-corrected chi connectivity index (χ0v) is 15.9. The van der Waals surface area contributed by atoms with Gasteiger partial charge in [0.1, 0.15) is 0 Å². The van der Waals surface area contributed by atoms with E-state index in [0.717, 1.165) is 48.4 Å². The van der Waals surface area contributed by atoms with Gasteiger partial charge in [0.15, 0.2) is 0 Å². The molecule has 28 heavy (non-hydrogen) atoms. The van der Waals surface area contributed by atoms with Gasteiger partial charge in [-0.2, -0.15) is 0 Å². The van der Waals surface area contributed by atoms with Gasteiger partial charge >= 0.3 is 12.1 Å². The van der Waals surface area contributed by atoms with Gasteiger partial charge in [0.25, 0.3) is 0 Å². The molecule has 0 radical (unpaired) electrons. The first kappa shape index (κ1) is 17.1. The molecule has 144 valence electrons. The molecule has 0 spiro atoms. The lowest BCUT2D eigenvalue weighted by Gasteiger charge is -2.21. The molecule has 6 aliphatic rings. The van der Waals surface area contributed by atoms with E-state index in [-0.39, 0.29) is 12.1 Å². The summed E-state index contributed by atoms with van der Waals surface area (Å²) < 4.78 is 0. The van der Waals surface area contributed by atoms with Crippen molar-refractivity contribution < 1.29 is 9.59 Å². The van der Waals surface area contributed by atoms with Gasteiger partial charge in [-0.25, -0.2) is 9.59 Å². The highest BCUT2D eigenvalue weighted by Gasteiger charge is 2.30. The molecule has 0 unspecified atom stereocenters. The highest BCUT2D eigenvalue weighted by atomic mass is 16.2. The van der Waals surface area contributed by atoms with Crippen molar-refractivity contribution in [3.63, 3.8) is 0 Å². The van der Waals surface area contributed by atoms with Gasteiger partial charge in [0.2, 0.25) is 0 Å². The fourth-order valence-electron chi connectivity index (χ4n) is 4.23. The quantitative estimate of drug-likeness (QED) is 0.710. The monoisotopic (exact) mass is 376 g/mol. The summed E-state index contributed by atoms with van der Waals surface area (Å²) in [6, 6.07) is 16.8. The van der Waals surface area contributed by atoms with Crippen molar-refractivity contribution in [2.45, 2.75) is 26.2 Å². The Bertz CT molecular complexity index is 748. The molecule has 6 aliphatic heterocycles. The number of carbonyl (C=O) groups excluding carboxylic acids is 2. The van der Waals surface area contributed by atoms with Crippen LogP contribution in [0.3, 0.4) is 0 Å². The van der Waals surface area contributed by atoms with E-state index in [1.807, 2.05) is 19.6 Å². The van der Waals surface area contributed by atoms with Crippen LogP contribution < -0.4 is 0 Å². The van der Waals surface area contributed by atoms with Crippen molar-refractivity contribution in [1.82, 2.24) is 19.6 Å². The van der Waals surface area contributed by atoms with E-state index in [1.165, 1.54) is 0 Å². The Morgan fingerprint density at radius 3 is 0.857 bits per heavy atom. The first-order valence-electron chi connectivity index (χ1n) is 9.89. The molecule has 2 saturated heterocycles. The highest BCUT2D eigenvalue weighted by molar-refractivity contribution is 5.77. The molecule has 2 fully saturated rings. The van der Waals surface area contributed by atoms with E-state index in [0.29, 0.717) is 26.2 Å². The number of rotatable bonds is 0. The van der Waals surface area contributed by atoms with Crippen LogP contribution >= 0.6 is 0 Å². The molecule has 8 rings (SSSR count). The van der Waals surface area contributed by atoms with Crippen molar-refractivity contribution in [3.8, 4) is 0 Å². The number of carbonyl (C=O) groups is 2. The Hall–Kier alpha value is -3.02. The smallest absolute Gasteiger partial charge is 0.319 e. The molecular weight excluding hydrogens is 352 g/mol. The third kappa shape index (κ3) is 3.19. The molecule has 0 aromatic heterocycles. The summed E-state index contributed by atoms with van der Waals surface area (Å²) in [6.45, 7) is 5.56. The summed E-state index contributed by atoms with van der Waals surface area (Å²) in [5.41, 5.74) is 4.50. The summed E-state index contributed by atoms with van der Waals surface area (Å²) in [6.07, 6.45) is 0. The van der Waals surface area contributed by atoms with E-state index in [9.17, 15) is 9.59 Å². The SMILES string of the molecule is O=C1N2CCN1Cc1ccc(cc1)CN1CCN(Cc3ccc(cc3)C2)C1=O. The molecule has 6 nitrogen and oxygen atoms in total. The predicted octanol–water partition coefficient (Wildman–Crippen LogP) is 2.88. The van der Waals surface area contributed by atoms with E-state index in [1.54, 1.807) is 0 Å². The van der Waals surface area contributed by atoms with Gasteiger partial charge in [-0.05, 0) is 22.3 Å². The zero-order chi connectivity index (χ0) is 19.1. The summed E-state index contributed by atoms with van der Waals surface area (Å²) in [4.78, 5) is 33.1. The van der Waals surface area contributed by atoms with Crippen LogP contribution in [-0.2, 0) is 26.2 Å². The molecule has 0 N–H and O–H groups in total. The van der Waals surface area contributed by atoms with Gasteiger partial charge in [-0.15, -0.1) is 0 Å². The van der Waals surface area contributed by atoms with E-state index < -0.39 is 0 Å². The maximum Gasteiger partial charge on any atom is 0.320 e. The average molecular weight is 376 g/mol. The van der Waals surface area contributed by atoms with Crippen LogP contribution in [0.2, 0.25) is 0 Å². The molecule has 4 amide bonds. The molecule has 8 bridgehead atoms. The van der Waals surface area contributed by atoms with Gasteiger partial charge < -0.3 is 19.6 Å². The van der Waals surface area contributed by atoms with Crippen LogP contribution in [0.1, 0.15) is 22.3 Å². The lowest BCUT2D eigenvalue weighted by atomic mass is 10.1. The lowest BCUT2D eigenvalue weighted by Crippen LogP contribution is -2.32. The number of hydrogen-bond donors (Lipinski definition) is 0. The van der Waals surface area contributed by atoms with E-state index in [4.69, 9.17) is 0 Å². The number of hydrogen-bond acceptors (Lipinski definition) is 2. The third-order valence-electron chi connectivity index (χ3n) is 5.90. The van der Waals surface area contributed by atoms with Gasteiger partial charge in [-0.1, -0.05) is 48.5 Å². The standard InChI is InChI=1S/C22H24N4O2/c27-21-23-9-10-25(21)15-19-5-7-20(8-6-19)16-26-12-11-24(22(26)28)14-18-2-1-17(13-23)3-4-18/h1-8H,9-16H2. The highest BCUT2D eigenvalue weighted by Crippen LogP contribution is 2.20. The first-order valence-corrected chi connectivity index (χ1v) is 9.89. The number of amides is 4. The average Bonchev–Trinajstić information content (AvgIpc) is 3.22. The second-order valence-corrected chi connectivity index (χ2v) is 7.88. The molecule has 6 heteroatoms. The van der Waals surface area contributed by atoms with Crippen LogP contribution in [0.5, 0.6) is 0 Å². The Labute approximate surface area is 164 Å². The van der Waals surface area contributed by atoms with Crippen LogP contribution in [-0.4, -0.2) is 57.8 Å². The summed E-state index contributed by atoms with van der Waals surface area (Å²) in [5, 5.41) is 0. The van der Waals surface area contributed by atoms with Crippen LogP contribution in [0.25, 0.3) is 0 Å². The van der Waals surface area contributed by atoms with Gasteiger partial charge in [0.05, 0.1) is 0 Å². The molecule has 2 aromatic rings. The van der Waals surface area contributed by atoms with Crippen molar-refractivity contribution in [2.75, 3.05) is 26.2 Å². The van der Waals surface area contributed by atoms with Crippen molar-refractivity contribution in [3.05, 3.63) is 70.8 Å². The minimum atomic E-state index is 0.107. The zero-order valence-electron chi connectivity index (χ0n) is 15.9. The molecule has 0 aliphatic carbocycles. The second-order valence-electron chi connectivity index (χ2n) is 7.88. The fourth-order valence-corrected chi connectivity index (χ4v) is 4.23. The van der Waals surface area contributed by atoms with Crippen LogP contribution in [0.15, 0.2) is 48.5 Å². The van der Waals surface area contributed by atoms with Gasteiger partial charge in [0, 0.05) is 52.4 Å². The molecule has 2 aromatic carbocycles. The number of benzene rings is 2. The number of urea groups is 2. The predicted molar refractivity (Wildman–Crippen MR) is 105 cm³/mol. The topological polar surface area (TPSA) is 47.1 Å². The Morgan fingerprint density at radius 2 is 0.643 bits per heavy atom. The lowest BCUT2D eigenvalue weighted by molar-refractivity contribution is 0.187. The molecular formula is C22H24N4O2. The maximum atomic E-state index is 12.7. The van der Waals surface area contributed by atoms with Gasteiger partial charge in [-0.3, -0.25) is 0 Å². The maximum absolute atomic E-state index is 12.7. The summed E-state index contributed by atoms with van der Waals surface area (Å²) in [7, 11) is 0. The van der Waals surface area contributed by atoms with E-state index in [2.05, 4.69) is 48.5 Å². The fraction of sp³-hybridized carbons (Fsp3) is 0.364. The summed E-state index contributed by atoms with van der Waals surface area (Å²) in [5.74, 6) is 0. The minimum absolute atomic E-state index is 0.107. The minimum Gasteiger partial charge on any atom is -0.319 e. The number of nitrogens with zero attached hydrogens (tertiary/aromatic N) is 4. The largest absolute Gasteiger partial charge is 0.320 e.